The molecule has 1 aliphatic heterocycles. The van der Waals surface area contributed by atoms with Crippen LogP contribution in [0.2, 0.25) is 5.02 Å². The fraction of sp³-hybridized carbons (Fsp3) is 0.267. The van der Waals surface area contributed by atoms with Crippen molar-refractivity contribution in [3.05, 3.63) is 51.9 Å². The molecule has 3 rings (SSSR count). The number of hydrogen-bond acceptors (Lipinski definition) is 5. The van der Waals surface area contributed by atoms with Gasteiger partial charge in [0.25, 0.3) is 5.91 Å². The van der Waals surface area contributed by atoms with E-state index in [4.69, 9.17) is 16.7 Å². The van der Waals surface area contributed by atoms with Crippen molar-refractivity contribution in [2.45, 2.75) is 10.3 Å². The lowest BCUT2D eigenvalue weighted by molar-refractivity contribution is 0.0635. The molecule has 1 aliphatic rings. The molecule has 1 aromatic heterocycles. The zero-order chi connectivity index (χ0) is 17.3. The van der Waals surface area contributed by atoms with Crippen LogP contribution >= 0.6 is 35.3 Å². The van der Waals surface area contributed by atoms with Crippen molar-refractivity contribution in [1.29, 1.82) is 0 Å². The molecule has 6 nitrogen and oxygen atoms in total. The van der Waals surface area contributed by atoms with Gasteiger partial charge in [-0.15, -0.1) is 23.7 Å². The second-order valence-electron chi connectivity index (χ2n) is 5.47. The zero-order valence-electron chi connectivity index (χ0n) is 13.0. The third kappa shape index (κ3) is 4.52. The van der Waals surface area contributed by atoms with Gasteiger partial charge in [-0.3, -0.25) is 4.79 Å². The van der Waals surface area contributed by atoms with E-state index < -0.39 is 10.0 Å². The van der Waals surface area contributed by atoms with E-state index in [2.05, 4.69) is 5.32 Å². The Morgan fingerprint density at radius 3 is 2.76 bits per heavy atom. The Morgan fingerprint density at radius 2 is 2.12 bits per heavy atom. The Labute approximate surface area is 161 Å². The molecule has 2 aromatic rings. The summed E-state index contributed by atoms with van der Waals surface area (Å²) >= 11 is 7.01. The number of halogens is 2. The predicted molar refractivity (Wildman–Crippen MR) is 101 cm³/mol. The molecule has 3 N–H and O–H groups in total. The van der Waals surface area contributed by atoms with Crippen LogP contribution in [0.4, 0.5) is 0 Å². The van der Waals surface area contributed by atoms with Crippen LogP contribution in [0.5, 0.6) is 0 Å². The quantitative estimate of drug-likeness (QED) is 0.794. The van der Waals surface area contributed by atoms with E-state index in [-0.39, 0.29) is 28.6 Å². The second-order valence-corrected chi connectivity index (χ2v) is 8.61. The summed E-state index contributed by atoms with van der Waals surface area (Å²) in [6.07, 6.45) is 0. The van der Waals surface area contributed by atoms with Gasteiger partial charge in [-0.05, 0) is 23.8 Å². The molecule has 1 saturated heterocycles. The Morgan fingerprint density at radius 1 is 1.36 bits per heavy atom. The topological polar surface area (TPSA) is 92.5 Å². The van der Waals surface area contributed by atoms with Gasteiger partial charge in [-0.2, -0.15) is 0 Å². The van der Waals surface area contributed by atoms with Crippen LogP contribution in [-0.2, 0) is 10.0 Å². The molecule has 1 atom stereocenters. The molecule has 136 valence electrons. The van der Waals surface area contributed by atoms with Crippen molar-refractivity contribution in [2.24, 2.45) is 5.14 Å². The zero-order valence-corrected chi connectivity index (χ0v) is 16.2. The predicted octanol–water partition coefficient (Wildman–Crippen LogP) is 2.26. The number of hydrogen-bond donors (Lipinski definition) is 2. The minimum atomic E-state index is -3.80. The largest absolute Gasteiger partial charge is 0.329 e. The number of carbonyl (C=O) groups is 1. The van der Waals surface area contributed by atoms with E-state index in [9.17, 15) is 13.2 Å². The van der Waals surface area contributed by atoms with Crippen molar-refractivity contribution in [3.8, 4) is 0 Å². The minimum absolute atomic E-state index is 0. The molecule has 1 amide bonds. The van der Waals surface area contributed by atoms with Crippen molar-refractivity contribution in [3.63, 3.8) is 0 Å². The van der Waals surface area contributed by atoms with Gasteiger partial charge in [0.1, 0.15) is 4.21 Å². The van der Waals surface area contributed by atoms with Crippen LogP contribution in [0.1, 0.15) is 22.0 Å². The summed E-state index contributed by atoms with van der Waals surface area (Å²) in [5.74, 6) is -0.215. The van der Waals surface area contributed by atoms with Crippen LogP contribution in [0, 0.1) is 0 Å². The van der Waals surface area contributed by atoms with E-state index in [0.29, 0.717) is 30.2 Å². The maximum absolute atomic E-state index is 12.8. The number of nitrogens with zero attached hydrogens (tertiary/aromatic N) is 1. The maximum atomic E-state index is 12.8. The lowest BCUT2D eigenvalue weighted by atomic mass is 10.0. The van der Waals surface area contributed by atoms with Crippen LogP contribution in [0.15, 0.2) is 39.9 Å². The number of sulfonamides is 1. The smallest absolute Gasteiger partial charge is 0.255 e. The Hall–Kier alpha value is -1.16. The molecule has 0 bridgehead atoms. The standard InChI is InChI=1S/C15H16ClN3O3S2.ClH/c16-12-3-1-2-10(6-12)13-8-18-4-5-19(13)15(20)11-7-14(23-9-11)24(17,21)22;/h1-3,6-7,9,13,18H,4-5,8H2,(H2,17,21,22);1H. The van der Waals surface area contributed by atoms with Crippen molar-refractivity contribution in [1.82, 2.24) is 10.2 Å². The number of piperazine rings is 1. The van der Waals surface area contributed by atoms with Gasteiger partial charge in [-0.1, -0.05) is 23.7 Å². The van der Waals surface area contributed by atoms with Gasteiger partial charge in [0.15, 0.2) is 0 Å². The molecular weight excluding hydrogens is 405 g/mol. The molecular formula is C15H17Cl2N3O3S2. The summed E-state index contributed by atoms with van der Waals surface area (Å²) in [5, 5.41) is 10.5. The first-order valence-electron chi connectivity index (χ1n) is 7.25. The van der Waals surface area contributed by atoms with E-state index in [1.54, 1.807) is 11.0 Å². The lowest BCUT2D eigenvalue weighted by Crippen LogP contribution is -2.48. The molecule has 25 heavy (non-hydrogen) atoms. The molecule has 0 aliphatic carbocycles. The van der Waals surface area contributed by atoms with E-state index in [0.717, 1.165) is 16.9 Å². The van der Waals surface area contributed by atoms with Crippen molar-refractivity contribution in [2.75, 3.05) is 19.6 Å². The Bertz CT molecular complexity index is 870. The normalized spacial score (nSPS) is 17.8. The summed E-state index contributed by atoms with van der Waals surface area (Å²) in [7, 11) is -3.80. The molecule has 1 aromatic carbocycles. The average Bonchev–Trinajstić information content (AvgIpc) is 3.04. The number of rotatable bonds is 3. The number of nitrogens with two attached hydrogens (primary N) is 1. The Kier molecular flexibility index (Phi) is 6.47. The van der Waals surface area contributed by atoms with Gasteiger partial charge in [0.2, 0.25) is 10.0 Å². The number of carbonyl (C=O) groups excluding carboxylic acids is 1. The molecule has 0 radical (unpaired) electrons. The molecule has 1 fully saturated rings. The number of primary sulfonamides is 1. The molecule has 0 saturated carbocycles. The number of amides is 1. The summed E-state index contributed by atoms with van der Waals surface area (Å²) in [5.41, 5.74) is 1.27. The van der Waals surface area contributed by atoms with Crippen molar-refractivity contribution < 1.29 is 13.2 Å². The van der Waals surface area contributed by atoms with Crippen LogP contribution in [0.3, 0.4) is 0 Å². The van der Waals surface area contributed by atoms with Gasteiger partial charge in [-0.25, -0.2) is 13.6 Å². The first-order chi connectivity index (χ1) is 11.4. The number of thiophene rings is 1. The lowest BCUT2D eigenvalue weighted by Gasteiger charge is -2.36. The van der Waals surface area contributed by atoms with Gasteiger partial charge >= 0.3 is 0 Å². The first-order valence-corrected chi connectivity index (χ1v) is 10.0. The van der Waals surface area contributed by atoms with Crippen LogP contribution < -0.4 is 10.5 Å². The average molecular weight is 422 g/mol. The third-order valence-corrected chi connectivity index (χ3v) is 6.46. The highest BCUT2D eigenvalue weighted by atomic mass is 35.5. The summed E-state index contributed by atoms with van der Waals surface area (Å²) in [6, 6.07) is 8.56. The van der Waals surface area contributed by atoms with E-state index >= 15 is 0 Å². The summed E-state index contributed by atoms with van der Waals surface area (Å²) in [6.45, 7) is 1.81. The molecule has 10 heteroatoms. The summed E-state index contributed by atoms with van der Waals surface area (Å²) < 4.78 is 22.8. The fourth-order valence-corrected chi connectivity index (χ4v) is 4.48. The first kappa shape index (κ1) is 20.2. The van der Waals surface area contributed by atoms with Gasteiger partial charge in [0, 0.05) is 30.0 Å². The summed E-state index contributed by atoms with van der Waals surface area (Å²) in [4.78, 5) is 14.6. The highest BCUT2D eigenvalue weighted by Gasteiger charge is 2.29. The maximum Gasteiger partial charge on any atom is 0.255 e. The molecule has 1 unspecified atom stereocenters. The molecule has 2 heterocycles. The minimum Gasteiger partial charge on any atom is -0.329 e. The fourth-order valence-electron chi connectivity index (χ4n) is 2.70. The van der Waals surface area contributed by atoms with Crippen molar-refractivity contribution >= 4 is 51.3 Å². The highest BCUT2D eigenvalue weighted by Crippen LogP contribution is 2.28. The van der Waals surface area contributed by atoms with Crippen LogP contribution in [-0.4, -0.2) is 38.9 Å². The Balaban J connectivity index is 0.00000225. The van der Waals surface area contributed by atoms with Gasteiger partial charge < -0.3 is 10.2 Å². The SMILES string of the molecule is Cl.NS(=O)(=O)c1cc(C(=O)N2CCNCC2c2cccc(Cl)c2)cs1. The highest BCUT2D eigenvalue weighted by molar-refractivity contribution is 7.91. The second kappa shape index (κ2) is 8.03. The number of benzene rings is 1. The van der Waals surface area contributed by atoms with E-state index in [1.165, 1.54) is 11.4 Å². The van der Waals surface area contributed by atoms with Gasteiger partial charge in [0.05, 0.1) is 11.6 Å². The number of nitrogens with one attached hydrogen (secondary N) is 1. The monoisotopic (exact) mass is 421 g/mol. The van der Waals surface area contributed by atoms with E-state index in [1.807, 2.05) is 18.2 Å². The molecule has 0 spiro atoms. The third-order valence-electron chi connectivity index (χ3n) is 3.84. The van der Waals surface area contributed by atoms with Crippen LogP contribution in [0.25, 0.3) is 0 Å².